The van der Waals surface area contributed by atoms with Crippen LogP contribution < -0.4 is 10.6 Å². The van der Waals surface area contributed by atoms with E-state index in [2.05, 4.69) is 30.8 Å². The lowest BCUT2D eigenvalue weighted by Gasteiger charge is -2.27. The van der Waals surface area contributed by atoms with Crippen LogP contribution in [0.1, 0.15) is 44.1 Å². The number of halogens is 1. The van der Waals surface area contributed by atoms with Gasteiger partial charge in [0.2, 0.25) is 5.91 Å². The fraction of sp³-hybridized carbons (Fsp3) is 0.417. The second-order valence-corrected chi connectivity index (χ2v) is 9.60. The van der Waals surface area contributed by atoms with E-state index in [4.69, 9.17) is 11.6 Å². The predicted octanol–water partition coefficient (Wildman–Crippen LogP) is 5.31. The standard InChI is InChI=1S/C24H29ClN6OS/c1-33-24-30-20(18-14-27-28-15-18)12-22(31-24)29-21(11-16-5-3-2-4-6-16)23(32)26-13-17-7-9-19(25)10-8-17/h7-10,12,14-16,21H,2-6,11,13H2,1H3,(H,26,32)(H,27,28)(H,29,30,31). The smallest absolute Gasteiger partial charge is 0.242 e. The second kappa shape index (κ2) is 11.5. The Morgan fingerprint density at radius 1 is 1.21 bits per heavy atom. The lowest BCUT2D eigenvalue weighted by Crippen LogP contribution is -2.41. The molecule has 1 aromatic carbocycles. The van der Waals surface area contributed by atoms with Gasteiger partial charge in [0.25, 0.3) is 0 Å². The molecule has 1 fully saturated rings. The maximum absolute atomic E-state index is 13.3. The van der Waals surface area contributed by atoms with E-state index in [9.17, 15) is 4.79 Å². The second-order valence-electron chi connectivity index (χ2n) is 8.39. The molecule has 33 heavy (non-hydrogen) atoms. The number of nitrogens with one attached hydrogen (secondary N) is 3. The molecule has 7 nitrogen and oxygen atoms in total. The Labute approximate surface area is 203 Å². The minimum absolute atomic E-state index is 0.0234. The van der Waals surface area contributed by atoms with E-state index in [0.29, 0.717) is 28.5 Å². The van der Waals surface area contributed by atoms with Gasteiger partial charge in [-0.2, -0.15) is 5.10 Å². The fourth-order valence-electron chi connectivity index (χ4n) is 4.21. The molecule has 0 spiro atoms. The molecule has 4 rings (SSSR count). The van der Waals surface area contributed by atoms with Crippen molar-refractivity contribution in [3.63, 3.8) is 0 Å². The lowest BCUT2D eigenvalue weighted by molar-refractivity contribution is -0.122. The maximum Gasteiger partial charge on any atom is 0.242 e. The van der Waals surface area contributed by atoms with Gasteiger partial charge in [-0.15, -0.1) is 0 Å². The van der Waals surface area contributed by atoms with Gasteiger partial charge in [-0.3, -0.25) is 9.89 Å². The monoisotopic (exact) mass is 484 g/mol. The number of thioether (sulfide) groups is 1. The zero-order valence-corrected chi connectivity index (χ0v) is 20.3. The van der Waals surface area contributed by atoms with Gasteiger partial charge in [-0.25, -0.2) is 9.97 Å². The zero-order chi connectivity index (χ0) is 23.0. The highest BCUT2D eigenvalue weighted by molar-refractivity contribution is 7.98. The Morgan fingerprint density at radius 2 is 2.00 bits per heavy atom. The molecule has 3 N–H and O–H groups in total. The van der Waals surface area contributed by atoms with Gasteiger partial charge in [0.15, 0.2) is 5.16 Å². The number of carbonyl (C=O) groups is 1. The number of hydrogen-bond donors (Lipinski definition) is 3. The van der Waals surface area contributed by atoms with E-state index in [1.54, 1.807) is 12.4 Å². The summed E-state index contributed by atoms with van der Waals surface area (Å²) in [7, 11) is 0. The summed E-state index contributed by atoms with van der Waals surface area (Å²) >= 11 is 7.45. The fourth-order valence-corrected chi connectivity index (χ4v) is 4.72. The molecule has 9 heteroatoms. The predicted molar refractivity (Wildman–Crippen MR) is 133 cm³/mol. The molecule has 3 aromatic rings. The van der Waals surface area contributed by atoms with Crippen molar-refractivity contribution >= 4 is 35.1 Å². The van der Waals surface area contributed by atoms with Crippen LogP contribution >= 0.6 is 23.4 Å². The topological polar surface area (TPSA) is 95.6 Å². The number of nitrogens with zero attached hydrogens (tertiary/aromatic N) is 3. The maximum atomic E-state index is 13.3. The van der Waals surface area contributed by atoms with Gasteiger partial charge in [-0.1, -0.05) is 67.6 Å². The van der Waals surface area contributed by atoms with Crippen molar-refractivity contribution in [1.29, 1.82) is 0 Å². The first kappa shape index (κ1) is 23.6. The minimum Gasteiger partial charge on any atom is -0.358 e. The van der Waals surface area contributed by atoms with Crippen molar-refractivity contribution in [2.24, 2.45) is 5.92 Å². The quantitative estimate of drug-likeness (QED) is 0.281. The highest BCUT2D eigenvalue weighted by Crippen LogP contribution is 2.29. The first-order valence-electron chi connectivity index (χ1n) is 11.3. The van der Waals surface area contributed by atoms with Gasteiger partial charge in [0, 0.05) is 29.4 Å². The number of amides is 1. The molecular formula is C24H29ClN6OS. The summed E-state index contributed by atoms with van der Waals surface area (Å²) in [4.78, 5) is 22.5. The average molecular weight is 485 g/mol. The van der Waals surface area contributed by atoms with Crippen LogP contribution in [0.4, 0.5) is 5.82 Å². The number of rotatable bonds is 9. The summed E-state index contributed by atoms with van der Waals surface area (Å²) in [6.07, 6.45) is 12.4. The van der Waals surface area contributed by atoms with Crippen LogP contribution in [-0.2, 0) is 11.3 Å². The summed E-state index contributed by atoms with van der Waals surface area (Å²) in [5, 5.41) is 14.7. The van der Waals surface area contributed by atoms with Gasteiger partial charge in [0.05, 0.1) is 11.9 Å². The highest BCUT2D eigenvalue weighted by Gasteiger charge is 2.25. The van der Waals surface area contributed by atoms with Crippen LogP contribution in [-0.4, -0.2) is 38.4 Å². The summed E-state index contributed by atoms with van der Waals surface area (Å²) in [5.41, 5.74) is 2.66. The molecule has 0 bridgehead atoms. The first-order chi connectivity index (χ1) is 16.1. The van der Waals surface area contributed by atoms with Gasteiger partial charge in [0.1, 0.15) is 11.9 Å². The normalized spacial score (nSPS) is 15.2. The number of hydrogen-bond acceptors (Lipinski definition) is 6. The van der Waals surface area contributed by atoms with E-state index in [0.717, 1.165) is 23.2 Å². The largest absolute Gasteiger partial charge is 0.358 e. The van der Waals surface area contributed by atoms with Crippen molar-refractivity contribution in [2.45, 2.75) is 56.3 Å². The first-order valence-corrected chi connectivity index (χ1v) is 12.9. The molecule has 1 aliphatic rings. The molecule has 2 aromatic heterocycles. The van der Waals surface area contributed by atoms with Crippen molar-refractivity contribution in [2.75, 3.05) is 11.6 Å². The van der Waals surface area contributed by atoms with E-state index < -0.39 is 0 Å². The van der Waals surface area contributed by atoms with Crippen LogP contribution in [0.3, 0.4) is 0 Å². The summed E-state index contributed by atoms with van der Waals surface area (Å²) in [5.74, 6) is 1.16. The number of H-pyrrole nitrogens is 1. The lowest BCUT2D eigenvalue weighted by atomic mass is 9.84. The number of anilines is 1. The van der Waals surface area contributed by atoms with Gasteiger partial charge >= 0.3 is 0 Å². The Bertz CT molecular complexity index is 1040. The number of aromatic nitrogens is 4. The van der Waals surface area contributed by atoms with Gasteiger partial charge < -0.3 is 10.6 Å². The molecular weight excluding hydrogens is 456 g/mol. The van der Waals surface area contributed by atoms with Crippen molar-refractivity contribution < 1.29 is 4.79 Å². The number of benzene rings is 1. The Morgan fingerprint density at radius 3 is 2.70 bits per heavy atom. The van der Waals surface area contributed by atoms with Crippen LogP contribution in [0.2, 0.25) is 5.02 Å². The molecule has 1 saturated carbocycles. The molecule has 1 amide bonds. The number of aromatic amines is 1. The van der Waals surface area contributed by atoms with E-state index in [-0.39, 0.29) is 11.9 Å². The van der Waals surface area contributed by atoms with Crippen LogP contribution in [0.25, 0.3) is 11.3 Å². The third-order valence-electron chi connectivity index (χ3n) is 5.99. The average Bonchev–Trinajstić information content (AvgIpc) is 3.39. The molecule has 1 aliphatic carbocycles. The van der Waals surface area contributed by atoms with Crippen molar-refractivity contribution in [3.05, 3.63) is 53.3 Å². The van der Waals surface area contributed by atoms with Crippen LogP contribution in [0.15, 0.2) is 47.9 Å². The van der Waals surface area contributed by atoms with E-state index >= 15 is 0 Å². The molecule has 1 atom stereocenters. The summed E-state index contributed by atoms with van der Waals surface area (Å²) in [6, 6.07) is 9.04. The molecule has 1 unspecified atom stereocenters. The Hall–Kier alpha value is -2.58. The zero-order valence-electron chi connectivity index (χ0n) is 18.7. The number of carbonyl (C=O) groups excluding carboxylic acids is 1. The third kappa shape index (κ3) is 6.71. The van der Waals surface area contributed by atoms with Crippen molar-refractivity contribution in [3.8, 4) is 11.3 Å². The minimum atomic E-state index is -0.373. The molecule has 0 saturated heterocycles. The van der Waals surface area contributed by atoms with Crippen molar-refractivity contribution in [1.82, 2.24) is 25.5 Å². The van der Waals surface area contributed by atoms with E-state index in [1.165, 1.54) is 43.9 Å². The Balaban J connectivity index is 1.51. The molecule has 0 aliphatic heterocycles. The molecule has 0 radical (unpaired) electrons. The van der Waals surface area contributed by atoms with E-state index in [1.807, 2.05) is 36.6 Å². The highest BCUT2D eigenvalue weighted by atomic mass is 35.5. The van der Waals surface area contributed by atoms with Crippen LogP contribution in [0, 0.1) is 5.92 Å². The third-order valence-corrected chi connectivity index (χ3v) is 6.79. The SMILES string of the molecule is CSc1nc(NC(CC2CCCCC2)C(=O)NCc2ccc(Cl)cc2)cc(-c2cn[nH]c2)n1. The Kier molecular flexibility index (Phi) is 8.23. The molecule has 174 valence electrons. The molecule has 2 heterocycles. The summed E-state index contributed by atoms with van der Waals surface area (Å²) < 4.78 is 0. The van der Waals surface area contributed by atoms with Gasteiger partial charge in [-0.05, 0) is 36.3 Å². The van der Waals surface area contributed by atoms with Crippen LogP contribution in [0.5, 0.6) is 0 Å². The summed E-state index contributed by atoms with van der Waals surface area (Å²) in [6.45, 7) is 0.457.